The van der Waals surface area contributed by atoms with Crippen molar-refractivity contribution in [2.45, 2.75) is 13.0 Å². The quantitative estimate of drug-likeness (QED) is 0.778. The Labute approximate surface area is 84.8 Å². The maximum absolute atomic E-state index is 5.86. The third kappa shape index (κ3) is 3.01. The predicted molar refractivity (Wildman–Crippen MR) is 56.4 cm³/mol. The van der Waals surface area contributed by atoms with Crippen LogP contribution in [0.5, 0.6) is 5.75 Å². The summed E-state index contributed by atoms with van der Waals surface area (Å²) < 4.78 is 10.3. The zero-order valence-electron chi connectivity index (χ0n) is 8.69. The van der Waals surface area contributed by atoms with E-state index in [1.165, 1.54) is 0 Å². The van der Waals surface area contributed by atoms with E-state index in [4.69, 9.17) is 15.2 Å². The topological polar surface area (TPSA) is 44.5 Å². The van der Waals surface area contributed by atoms with Crippen LogP contribution in [0.2, 0.25) is 0 Å². The van der Waals surface area contributed by atoms with Gasteiger partial charge in [0.25, 0.3) is 0 Å². The van der Waals surface area contributed by atoms with Crippen molar-refractivity contribution >= 4 is 0 Å². The van der Waals surface area contributed by atoms with Crippen molar-refractivity contribution in [1.82, 2.24) is 0 Å². The fourth-order valence-corrected chi connectivity index (χ4v) is 1.25. The van der Waals surface area contributed by atoms with E-state index in [2.05, 4.69) is 0 Å². The lowest BCUT2D eigenvalue weighted by molar-refractivity contribution is 0.181. The van der Waals surface area contributed by atoms with E-state index < -0.39 is 0 Å². The van der Waals surface area contributed by atoms with E-state index in [-0.39, 0.29) is 6.04 Å². The Morgan fingerprint density at radius 1 is 1.29 bits per heavy atom. The van der Waals surface area contributed by atoms with Crippen LogP contribution in [0.1, 0.15) is 18.5 Å². The van der Waals surface area contributed by atoms with Gasteiger partial charge in [-0.1, -0.05) is 12.1 Å². The minimum absolute atomic E-state index is 0.0596. The van der Waals surface area contributed by atoms with Gasteiger partial charge in [-0.3, -0.25) is 0 Å². The SMILES string of the molecule is CCOc1ccc(C(N)COC)cc1. The average Bonchev–Trinajstić information content (AvgIpc) is 2.20. The maximum Gasteiger partial charge on any atom is 0.119 e. The minimum atomic E-state index is -0.0596. The summed E-state index contributed by atoms with van der Waals surface area (Å²) in [5.74, 6) is 0.876. The summed E-state index contributed by atoms with van der Waals surface area (Å²) in [7, 11) is 1.65. The summed E-state index contributed by atoms with van der Waals surface area (Å²) in [6.07, 6.45) is 0. The van der Waals surface area contributed by atoms with E-state index in [0.717, 1.165) is 11.3 Å². The monoisotopic (exact) mass is 195 g/mol. The van der Waals surface area contributed by atoms with Crippen LogP contribution in [0.15, 0.2) is 24.3 Å². The average molecular weight is 195 g/mol. The normalized spacial score (nSPS) is 12.5. The molecule has 0 amide bonds. The Bertz CT molecular complexity index is 258. The summed E-state index contributed by atoms with van der Waals surface area (Å²) in [4.78, 5) is 0. The molecule has 78 valence electrons. The van der Waals surface area contributed by atoms with Crippen molar-refractivity contribution in [2.24, 2.45) is 5.73 Å². The molecule has 1 unspecified atom stereocenters. The maximum atomic E-state index is 5.86. The molecule has 2 N–H and O–H groups in total. The fourth-order valence-electron chi connectivity index (χ4n) is 1.25. The molecule has 3 heteroatoms. The Morgan fingerprint density at radius 2 is 1.93 bits per heavy atom. The van der Waals surface area contributed by atoms with Crippen LogP contribution < -0.4 is 10.5 Å². The van der Waals surface area contributed by atoms with Crippen molar-refractivity contribution in [1.29, 1.82) is 0 Å². The van der Waals surface area contributed by atoms with Crippen LogP contribution in [-0.4, -0.2) is 20.3 Å². The number of benzene rings is 1. The highest BCUT2D eigenvalue weighted by atomic mass is 16.5. The lowest BCUT2D eigenvalue weighted by atomic mass is 10.1. The molecule has 0 aliphatic carbocycles. The Hall–Kier alpha value is -1.06. The Morgan fingerprint density at radius 3 is 2.43 bits per heavy atom. The Balaban J connectivity index is 2.62. The van der Waals surface area contributed by atoms with Crippen LogP contribution >= 0.6 is 0 Å². The van der Waals surface area contributed by atoms with Crippen LogP contribution in [0.3, 0.4) is 0 Å². The third-order valence-electron chi connectivity index (χ3n) is 1.97. The van der Waals surface area contributed by atoms with E-state index in [9.17, 15) is 0 Å². The van der Waals surface area contributed by atoms with E-state index >= 15 is 0 Å². The van der Waals surface area contributed by atoms with Crippen LogP contribution in [0.25, 0.3) is 0 Å². The molecule has 1 aromatic carbocycles. The summed E-state index contributed by atoms with van der Waals surface area (Å²) in [6.45, 7) is 3.18. The first-order chi connectivity index (χ1) is 6.77. The molecular formula is C11H17NO2. The molecule has 0 fully saturated rings. The third-order valence-corrected chi connectivity index (χ3v) is 1.97. The van der Waals surface area contributed by atoms with Crippen LogP contribution in [-0.2, 0) is 4.74 Å². The van der Waals surface area contributed by atoms with Gasteiger partial charge in [-0.15, -0.1) is 0 Å². The van der Waals surface area contributed by atoms with Gasteiger partial charge in [0, 0.05) is 7.11 Å². The molecule has 1 atom stereocenters. The molecule has 0 spiro atoms. The Kier molecular flexibility index (Phi) is 4.43. The number of ether oxygens (including phenoxy) is 2. The van der Waals surface area contributed by atoms with Crippen molar-refractivity contribution in [3.05, 3.63) is 29.8 Å². The smallest absolute Gasteiger partial charge is 0.119 e. The molecule has 0 bridgehead atoms. The molecule has 0 saturated heterocycles. The largest absolute Gasteiger partial charge is 0.494 e. The number of hydrogen-bond acceptors (Lipinski definition) is 3. The number of nitrogens with two attached hydrogens (primary N) is 1. The molecule has 0 radical (unpaired) electrons. The highest BCUT2D eigenvalue weighted by Crippen LogP contribution is 2.16. The lowest BCUT2D eigenvalue weighted by Crippen LogP contribution is -2.15. The van der Waals surface area contributed by atoms with Crippen molar-refractivity contribution in [2.75, 3.05) is 20.3 Å². The molecule has 0 saturated carbocycles. The van der Waals surface area contributed by atoms with Crippen LogP contribution in [0, 0.1) is 0 Å². The molecule has 1 rings (SSSR count). The summed E-state index contributed by atoms with van der Waals surface area (Å²) >= 11 is 0. The molecule has 14 heavy (non-hydrogen) atoms. The van der Waals surface area contributed by atoms with Crippen molar-refractivity contribution < 1.29 is 9.47 Å². The molecule has 0 aliphatic rings. The molecule has 1 aromatic rings. The first-order valence-electron chi connectivity index (χ1n) is 4.75. The molecule has 0 aliphatic heterocycles. The molecule has 0 heterocycles. The van der Waals surface area contributed by atoms with Gasteiger partial charge in [0.15, 0.2) is 0 Å². The minimum Gasteiger partial charge on any atom is -0.494 e. The van der Waals surface area contributed by atoms with Gasteiger partial charge < -0.3 is 15.2 Å². The van der Waals surface area contributed by atoms with Gasteiger partial charge in [0.1, 0.15) is 5.75 Å². The zero-order valence-corrected chi connectivity index (χ0v) is 8.69. The second-order valence-corrected chi connectivity index (χ2v) is 3.06. The first kappa shape index (κ1) is 11.0. The summed E-state index contributed by atoms with van der Waals surface area (Å²) in [6, 6.07) is 7.72. The van der Waals surface area contributed by atoms with E-state index in [1.807, 2.05) is 31.2 Å². The predicted octanol–water partition coefficient (Wildman–Crippen LogP) is 1.73. The number of rotatable bonds is 5. The number of hydrogen-bond donors (Lipinski definition) is 1. The fraction of sp³-hybridized carbons (Fsp3) is 0.455. The lowest BCUT2D eigenvalue weighted by Gasteiger charge is -2.11. The van der Waals surface area contributed by atoms with Crippen LogP contribution in [0.4, 0.5) is 0 Å². The summed E-state index contributed by atoms with van der Waals surface area (Å²) in [5, 5.41) is 0. The van der Waals surface area contributed by atoms with Gasteiger partial charge in [0.05, 0.1) is 19.3 Å². The second kappa shape index (κ2) is 5.62. The van der Waals surface area contributed by atoms with Gasteiger partial charge in [0.2, 0.25) is 0 Å². The standard InChI is InChI=1S/C11H17NO2/c1-3-14-10-6-4-9(5-7-10)11(12)8-13-2/h4-7,11H,3,8,12H2,1-2H3. The van der Waals surface area contributed by atoms with Gasteiger partial charge in [-0.05, 0) is 24.6 Å². The highest BCUT2D eigenvalue weighted by molar-refractivity contribution is 5.29. The van der Waals surface area contributed by atoms with Crippen molar-refractivity contribution in [3.63, 3.8) is 0 Å². The van der Waals surface area contributed by atoms with Gasteiger partial charge in [-0.25, -0.2) is 0 Å². The molecular weight excluding hydrogens is 178 g/mol. The molecule has 0 aromatic heterocycles. The van der Waals surface area contributed by atoms with E-state index in [1.54, 1.807) is 7.11 Å². The second-order valence-electron chi connectivity index (χ2n) is 3.06. The summed E-state index contributed by atoms with van der Waals surface area (Å²) in [5.41, 5.74) is 6.93. The van der Waals surface area contributed by atoms with Crippen molar-refractivity contribution in [3.8, 4) is 5.75 Å². The van der Waals surface area contributed by atoms with E-state index in [0.29, 0.717) is 13.2 Å². The van der Waals surface area contributed by atoms with Gasteiger partial charge >= 0.3 is 0 Å². The molecule has 3 nitrogen and oxygen atoms in total. The van der Waals surface area contributed by atoms with Gasteiger partial charge in [-0.2, -0.15) is 0 Å². The number of methoxy groups -OCH3 is 1. The first-order valence-corrected chi connectivity index (χ1v) is 4.75. The highest BCUT2D eigenvalue weighted by Gasteiger charge is 2.04. The zero-order chi connectivity index (χ0) is 10.4.